The molecule has 1 atom stereocenters. The third-order valence-corrected chi connectivity index (χ3v) is 5.55. The van der Waals surface area contributed by atoms with E-state index >= 15 is 0 Å². The van der Waals surface area contributed by atoms with Crippen LogP contribution in [0.4, 0.5) is 16.3 Å². The molecule has 0 radical (unpaired) electrons. The Morgan fingerprint density at radius 1 is 1.04 bits per heavy atom. The van der Waals surface area contributed by atoms with E-state index in [1.165, 1.54) is 0 Å². The van der Waals surface area contributed by atoms with Crippen LogP contribution in [0.5, 0.6) is 0 Å². The molecule has 3 aromatic rings. The minimum atomic E-state index is -0.363. The first-order valence-corrected chi connectivity index (χ1v) is 9.57. The van der Waals surface area contributed by atoms with Crippen LogP contribution >= 0.6 is 0 Å². The van der Waals surface area contributed by atoms with Gasteiger partial charge in [-0.2, -0.15) is 0 Å². The molecule has 1 aromatic heterocycles. The average Bonchev–Trinajstić information content (AvgIpc) is 3.01. The number of carbonyl (C=O) groups excluding carboxylic acids is 2. The van der Waals surface area contributed by atoms with Gasteiger partial charge in [0.2, 0.25) is 0 Å². The van der Waals surface area contributed by atoms with E-state index in [0.717, 1.165) is 42.1 Å². The van der Waals surface area contributed by atoms with Gasteiger partial charge in [0.15, 0.2) is 0 Å². The van der Waals surface area contributed by atoms with E-state index in [-0.39, 0.29) is 18.0 Å². The van der Waals surface area contributed by atoms with E-state index in [9.17, 15) is 9.59 Å². The molecule has 140 valence electrons. The number of pyridine rings is 1. The fourth-order valence-corrected chi connectivity index (χ4v) is 4.27. The van der Waals surface area contributed by atoms with Gasteiger partial charge in [0.05, 0.1) is 6.04 Å². The van der Waals surface area contributed by atoms with Crippen molar-refractivity contribution in [2.75, 3.05) is 17.2 Å². The van der Waals surface area contributed by atoms with Crippen molar-refractivity contribution in [2.45, 2.75) is 25.3 Å². The Morgan fingerprint density at radius 2 is 1.89 bits per heavy atom. The zero-order chi connectivity index (χ0) is 19.1. The number of nitrogens with zero attached hydrogens (tertiary/aromatic N) is 2. The highest BCUT2D eigenvalue weighted by Gasteiger charge is 2.39. The zero-order valence-electron chi connectivity index (χ0n) is 15.3. The molecule has 0 spiro atoms. The molecule has 0 bridgehead atoms. The molecule has 2 N–H and O–H groups in total. The number of aromatic nitrogens is 1. The number of fused-ring (bicyclic) bond motifs is 4. The van der Waals surface area contributed by atoms with E-state index in [1.807, 2.05) is 53.4 Å². The first-order valence-electron chi connectivity index (χ1n) is 9.57. The molecule has 1 saturated heterocycles. The summed E-state index contributed by atoms with van der Waals surface area (Å²) < 4.78 is 0. The first kappa shape index (κ1) is 16.7. The fourth-order valence-electron chi connectivity index (χ4n) is 4.27. The predicted octanol–water partition coefficient (Wildman–Crippen LogP) is 4.56. The summed E-state index contributed by atoms with van der Waals surface area (Å²) in [5.74, 6) is 0.555. The average molecular weight is 372 g/mol. The normalized spacial score (nSPS) is 17.9. The Labute approximate surface area is 162 Å². The fraction of sp³-hybridized carbons (Fsp3) is 0.227. The third-order valence-electron chi connectivity index (χ3n) is 5.55. The Balaban J connectivity index is 1.39. The SMILES string of the molecule is O=C(Nc1cc2ccccc2cn1)Nc1cccc2c1C1CCCCN1C2=O. The van der Waals surface area contributed by atoms with Gasteiger partial charge in [-0.25, -0.2) is 9.78 Å². The number of amides is 3. The molecule has 6 nitrogen and oxygen atoms in total. The molecule has 1 fully saturated rings. The van der Waals surface area contributed by atoms with Crippen LogP contribution in [0.15, 0.2) is 54.7 Å². The van der Waals surface area contributed by atoms with E-state index in [4.69, 9.17) is 0 Å². The largest absolute Gasteiger partial charge is 0.331 e. The van der Waals surface area contributed by atoms with Gasteiger partial charge in [0.1, 0.15) is 5.82 Å². The number of nitrogens with one attached hydrogen (secondary N) is 2. The maximum Gasteiger partial charge on any atom is 0.324 e. The van der Waals surface area contributed by atoms with Crippen molar-refractivity contribution in [1.29, 1.82) is 0 Å². The number of hydrogen-bond donors (Lipinski definition) is 2. The van der Waals surface area contributed by atoms with Crippen molar-refractivity contribution in [2.24, 2.45) is 0 Å². The molecule has 0 aliphatic carbocycles. The van der Waals surface area contributed by atoms with Gasteiger partial charge in [-0.3, -0.25) is 10.1 Å². The number of rotatable bonds is 2. The van der Waals surface area contributed by atoms with E-state index in [1.54, 1.807) is 6.20 Å². The van der Waals surface area contributed by atoms with Crippen LogP contribution < -0.4 is 10.6 Å². The molecule has 2 aliphatic heterocycles. The van der Waals surface area contributed by atoms with Crippen molar-refractivity contribution in [3.8, 4) is 0 Å². The minimum Gasteiger partial charge on any atom is -0.331 e. The lowest BCUT2D eigenvalue weighted by Crippen LogP contribution is -2.32. The number of carbonyl (C=O) groups is 2. The lowest BCUT2D eigenvalue weighted by Gasteiger charge is -2.30. The molecule has 3 amide bonds. The standard InChI is InChI=1S/C22H20N4O2/c27-21-16-8-5-9-17(20(16)18-10-3-4-11-26(18)21)24-22(28)25-19-12-14-6-1-2-7-15(14)13-23-19/h1-2,5-9,12-13,18H,3-4,10-11H2,(H2,23,24,25,28). The Hall–Kier alpha value is -3.41. The molecule has 28 heavy (non-hydrogen) atoms. The Bertz CT molecular complexity index is 1090. The molecular weight excluding hydrogens is 352 g/mol. The molecule has 2 aromatic carbocycles. The first-order chi connectivity index (χ1) is 13.7. The van der Waals surface area contributed by atoms with Crippen LogP contribution in [0.25, 0.3) is 10.8 Å². The summed E-state index contributed by atoms with van der Waals surface area (Å²) in [6, 6.07) is 14.9. The van der Waals surface area contributed by atoms with E-state index in [0.29, 0.717) is 17.1 Å². The third kappa shape index (κ3) is 2.78. The second kappa shape index (κ2) is 6.64. The highest BCUT2D eigenvalue weighted by atomic mass is 16.2. The summed E-state index contributed by atoms with van der Waals surface area (Å²) in [7, 11) is 0. The van der Waals surface area contributed by atoms with E-state index in [2.05, 4.69) is 15.6 Å². The van der Waals surface area contributed by atoms with Crippen LogP contribution in [0.1, 0.15) is 41.2 Å². The molecule has 2 aliphatic rings. The second-order valence-electron chi connectivity index (χ2n) is 7.27. The minimum absolute atomic E-state index is 0.0616. The van der Waals surface area contributed by atoms with Crippen molar-refractivity contribution in [3.63, 3.8) is 0 Å². The lowest BCUT2D eigenvalue weighted by atomic mass is 9.96. The molecule has 6 heteroatoms. The Morgan fingerprint density at radius 3 is 2.79 bits per heavy atom. The van der Waals surface area contributed by atoms with Crippen LogP contribution in [-0.2, 0) is 0 Å². The summed E-state index contributed by atoms with van der Waals surface area (Å²) in [5, 5.41) is 7.75. The number of anilines is 2. The van der Waals surface area contributed by atoms with Gasteiger partial charge in [0, 0.05) is 34.9 Å². The van der Waals surface area contributed by atoms with Crippen LogP contribution in [-0.4, -0.2) is 28.4 Å². The van der Waals surface area contributed by atoms with Gasteiger partial charge in [-0.15, -0.1) is 0 Å². The van der Waals surface area contributed by atoms with Crippen molar-refractivity contribution in [3.05, 3.63) is 65.9 Å². The van der Waals surface area contributed by atoms with Gasteiger partial charge in [-0.05, 0) is 42.8 Å². The summed E-state index contributed by atoms with van der Waals surface area (Å²) >= 11 is 0. The molecule has 0 saturated carbocycles. The molecule has 3 heterocycles. The van der Waals surface area contributed by atoms with Crippen LogP contribution in [0.2, 0.25) is 0 Å². The highest BCUT2D eigenvalue weighted by molar-refractivity contribution is 6.05. The second-order valence-corrected chi connectivity index (χ2v) is 7.27. The van der Waals surface area contributed by atoms with Crippen molar-refractivity contribution in [1.82, 2.24) is 9.88 Å². The predicted molar refractivity (Wildman–Crippen MR) is 108 cm³/mol. The molecular formula is C22H20N4O2. The number of piperidine rings is 1. The number of hydrogen-bond acceptors (Lipinski definition) is 3. The smallest absolute Gasteiger partial charge is 0.324 e. The van der Waals surface area contributed by atoms with Gasteiger partial charge < -0.3 is 10.2 Å². The number of urea groups is 1. The van der Waals surface area contributed by atoms with Crippen LogP contribution in [0.3, 0.4) is 0 Å². The van der Waals surface area contributed by atoms with Crippen molar-refractivity contribution >= 4 is 34.2 Å². The maximum absolute atomic E-state index is 12.7. The Kier molecular flexibility index (Phi) is 3.97. The molecule has 5 rings (SSSR count). The van der Waals surface area contributed by atoms with E-state index < -0.39 is 0 Å². The lowest BCUT2D eigenvalue weighted by molar-refractivity contribution is 0.0672. The number of benzene rings is 2. The summed E-state index contributed by atoms with van der Waals surface area (Å²) in [6.07, 6.45) is 4.80. The summed E-state index contributed by atoms with van der Waals surface area (Å²) in [4.78, 5) is 31.5. The van der Waals surface area contributed by atoms with Crippen LogP contribution in [0, 0.1) is 0 Å². The van der Waals surface area contributed by atoms with Gasteiger partial charge in [0.25, 0.3) is 5.91 Å². The van der Waals surface area contributed by atoms with Gasteiger partial charge >= 0.3 is 6.03 Å². The van der Waals surface area contributed by atoms with Gasteiger partial charge in [-0.1, -0.05) is 30.3 Å². The topological polar surface area (TPSA) is 74.3 Å². The van der Waals surface area contributed by atoms with Crippen molar-refractivity contribution < 1.29 is 9.59 Å². The highest BCUT2D eigenvalue weighted by Crippen LogP contribution is 2.43. The maximum atomic E-state index is 12.7. The summed E-state index contributed by atoms with van der Waals surface area (Å²) in [5.41, 5.74) is 2.33. The molecule has 1 unspecified atom stereocenters. The monoisotopic (exact) mass is 372 g/mol. The summed E-state index contributed by atoms with van der Waals surface area (Å²) in [6.45, 7) is 0.783. The zero-order valence-corrected chi connectivity index (χ0v) is 15.3. The quantitative estimate of drug-likeness (QED) is 0.692.